The Bertz CT molecular complexity index is 555. The fourth-order valence-electron chi connectivity index (χ4n) is 1.52. The van der Waals surface area contributed by atoms with Gasteiger partial charge in [-0.3, -0.25) is 0 Å². The average molecular weight is 297 g/mol. The van der Waals surface area contributed by atoms with Crippen molar-refractivity contribution in [2.75, 3.05) is 19.5 Å². The van der Waals surface area contributed by atoms with E-state index in [9.17, 15) is 21.6 Å². The minimum Gasteiger partial charge on any atom is -0.398 e. The monoisotopic (exact) mass is 297 g/mol. The maximum Gasteiger partial charge on any atom is 0.416 e. The normalized spacial score (nSPS) is 14.4. The lowest BCUT2D eigenvalue weighted by Gasteiger charge is -2.15. The number of anilines is 1. The molecule has 1 aromatic rings. The van der Waals surface area contributed by atoms with Crippen molar-refractivity contribution < 1.29 is 26.3 Å². The lowest BCUT2D eigenvalue weighted by atomic mass is 10.2. The van der Waals surface area contributed by atoms with E-state index >= 15 is 0 Å². The Morgan fingerprint density at radius 1 is 1.37 bits per heavy atom. The molecule has 1 unspecified atom stereocenters. The standard InChI is InChI=1S/C11H14F3NO3S/c1-7(6-18-2)19(16,17)10-4-3-8(5-9(10)15)11(12,13)14/h3-5,7H,6,15H2,1-2H3. The molecule has 0 bridgehead atoms. The van der Waals surface area contributed by atoms with Crippen molar-refractivity contribution in [2.24, 2.45) is 0 Å². The molecule has 0 saturated heterocycles. The highest BCUT2D eigenvalue weighted by molar-refractivity contribution is 7.92. The molecule has 0 aliphatic carbocycles. The van der Waals surface area contributed by atoms with E-state index < -0.39 is 32.5 Å². The Morgan fingerprint density at radius 2 is 1.95 bits per heavy atom. The van der Waals surface area contributed by atoms with E-state index in [0.717, 1.165) is 6.07 Å². The van der Waals surface area contributed by atoms with Gasteiger partial charge in [0.15, 0.2) is 9.84 Å². The second-order valence-electron chi connectivity index (χ2n) is 4.06. The zero-order valence-electron chi connectivity index (χ0n) is 10.4. The van der Waals surface area contributed by atoms with Gasteiger partial charge in [-0.05, 0) is 25.1 Å². The van der Waals surface area contributed by atoms with Gasteiger partial charge in [-0.2, -0.15) is 13.2 Å². The van der Waals surface area contributed by atoms with Crippen LogP contribution in [0.5, 0.6) is 0 Å². The second kappa shape index (κ2) is 5.38. The number of alkyl halides is 3. The highest BCUT2D eigenvalue weighted by Gasteiger charge is 2.33. The lowest BCUT2D eigenvalue weighted by Crippen LogP contribution is -2.24. The Morgan fingerprint density at radius 3 is 2.37 bits per heavy atom. The molecule has 0 aromatic heterocycles. The minimum absolute atomic E-state index is 0.0667. The first-order valence-corrected chi connectivity index (χ1v) is 6.85. The van der Waals surface area contributed by atoms with Crippen molar-refractivity contribution in [2.45, 2.75) is 23.2 Å². The number of sulfone groups is 1. The van der Waals surface area contributed by atoms with Crippen molar-refractivity contribution in [3.63, 3.8) is 0 Å². The molecule has 0 radical (unpaired) electrons. The summed E-state index contributed by atoms with van der Waals surface area (Å²) < 4.78 is 66.2. The van der Waals surface area contributed by atoms with E-state index in [0.29, 0.717) is 12.1 Å². The van der Waals surface area contributed by atoms with Gasteiger partial charge in [0.25, 0.3) is 0 Å². The summed E-state index contributed by atoms with van der Waals surface area (Å²) in [4.78, 5) is -0.315. The molecule has 0 saturated carbocycles. The van der Waals surface area contributed by atoms with Crippen LogP contribution < -0.4 is 5.73 Å². The van der Waals surface area contributed by atoms with Crippen LogP contribution in [-0.4, -0.2) is 27.4 Å². The number of rotatable bonds is 4. The summed E-state index contributed by atoms with van der Waals surface area (Å²) in [5.41, 5.74) is 4.02. The van der Waals surface area contributed by atoms with Crippen LogP contribution in [0.25, 0.3) is 0 Å². The van der Waals surface area contributed by atoms with Gasteiger partial charge in [0, 0.05) is 7.11 Å². The molecule has 0 fully saturated rings. The van der Waals surface area contributed by atoms with Crippen LogP contribution in [0.4, 0.5) is 18.9 Å². The summed E-state index contributed by atoms with van der Waals surface area (Å²) in [5, 5.41) is -0.892. The van der Waals surface area contributed by atoms with E-state index in [4.69, 9.17) is 10.5 Å². The first-order valence-electron chi connectivity index (χ1n) is 5.30. The smallest absolute Gasteiger partial charge is 0.398 e. The van der Waals surface area contributed by atoms with Gasteiger partial charge in [0.2, 0.25) is 0 Å². The molecule has 2 N–H and O–H groups in total. The van der Waals surface area contributed by atoms with E-state index in [1.54, 1.807) is 0 Å². The summed E-state index contributed by atoms with van der Waals surface area (Å²) in [6.45, 7) is 1.33. The SMILES string of the molecule is COCC(C)S(=O)(=O)c1ccc(C(F)(F)F)cc1N. The average Bonchev–Trinajstić information content (AvgIpc) is 2.27. The number of nitrogen functional groups attached to an aromatic ring is 1. The quantitative estimate of drug-likeness (QED) is 0.864. The lowest BCUT2D eigenvalue weighted by molar-refractivity contribution is -0.137. The van der Waals surface area contributed by atoms with Gasteiger partial charge < -0.3 is 10.5 Å². The molecule has 4 nitrogen and oxygen atoms in total. The Labute approximate surface area is 109 Å². The topological polar surface area (TPSA) is 69.4 Å². The van der Waals surface area contributed by atoms with Gasteiger partial charge in [-0.15, -0.1) is 0 Å². The molecule has 0 amide bonds. The maximum atomic E-state index is 12.5. The number of hydrogen-bond donors (Lipinski definition) is 1. The summed E-state index contributed by atoms with van der Waals surface area (Å²) in [5.74, 6) is 0. The van der Waals surface area contributed by atoms with E-state index in [1.165, 1.54) is 14.0 Å². The molecule has 19 heavy (non-hydrogen) atoms. The number of ether oxygens (including phenoxy) is 1. The third-order valence-electron chi connectivity index (χ3n) is 2.57. The molecular weight excluding hydrogens is 283 g/mol. The number of halogens is 3. The third-order valence-corrected chi connectivity index (χ3v) is 4.76. The first-order chi connectivity index (χ1) is 8.60. The molecule has 1 aromatic carbocycles. The summed E-state index contributed by atoms with van der Waals surface area (Å²) in [6, 6.07) is 2.19. The predicted molar refractivity (Wildman–Crippen MR) is 64.4 cm³/mol. The highest BCUT2D eigenvalue weighted by atomic mass is 32.2. The van der Waals surface area contributed by atoms with Gasteiger partial charge in [-0.25, -0.2) is 8.42 Å². The maximum absolute atomic E-state index is 12.5. The third kappa shape index (κ3) is 3.38. The fraction of sp³-hybridized carbons (Fsp3) is 0.455. The molecule has 1 rings (SSSR count). The molecule has 8 heteroatoms. The van der Waals surface area contributed by atoms with Crippen LogP contribution in [-0.2, 0) is 20.8 Å². The van der Waals surface area contributed by atoms with Crippen LogP contribution >= 0.6 is 0 Å². The number of benzene rings is 1. The predicted octanol–water partition coefficient (Wildman–Crippen LogP) is 2.10. The fourth-order valence-corrected chi connectivity index (χ4v) is 2.92. The van der Waals surface area contributed by atoms with Crippen molar-refractivity contribution in [3.8, 4) is 0 Å². The second-order valence-corrected chi connectivity index (χ2v) is 6.40. The largest absolute Gasteiger partial charge is 0.416 e. The van der Waals surface area contributed by atoms with Crippen molar-refractivity contribution >= 4 is 15.5 Å². The minimum atomic E-state index is -4.56. The summed E-state index contributed by atoms with van der Waals surface area (Å²) >= 11 is 0. The number of nitrogens with two attached hydrogens (primary N) is 1. The summed E-state index contributed by atoms with van der Waals surface area (Å²) in [7, 11) is -2.48. The highest BCUT2D eigenvalue weighted by Crippen LogP contribution is 2.33. The molecule has 0 aliphatic heterocycles. The molecule has 0 heterocycles. The van der Waals surface area contributed by atoms with Crippen LogP contribution in [0.15, 0.2) is 23.1 Å². The zero-order chi connectivity index (χ0) is 14.8. The number of methoxy groups -OCH3 is 1. The molecule has 0 aliphatic rings. The van der Waals surface area contributed by atoms with Crippen LogP contribution in [0.1, 0.15) is 12.5 Å². The van der Waals surface area contributed by atoms with Crippen LogP contribution in [0, 0.1) is 0 Å². The Hall–Kier alpha value is -1.28. The van der Waals surface area contributed by atoms with Crippen molar-refractivity contribution in [3.05, 3.63) is 23.8 Å². The van der Waals surface area contributed by atoms with E-state index in [-0.39, 0.29) is 11.5 Å². The van der Waals surface area contributed by atoms with Crippen molar-refractivity contribution in [1.82, 2.24) is 0 Å². The Balaban J connectivity index is 3.24. The van der Waals surface area contributed by atoms with Gasteiger partial charge in [-0.1, -0.05) is 0 Å². The molecular formula is C11H14F3NO3S. The van der Waals surface area contributed by atoms with Gasteiger partial charge in [0.1, 0.15) is 0 Å². The van der Waals surface area contributed by atoms with E-state index in [2.05, 4.69) is 0 Å². The molecule has 1 atom stereocenters. The van der Waals surface area contributed by atoms with Crippen LogP contribution in [0.3, 0.4) is 0 Å². The van der Waals surface area contributed by atoms with Gasteiger partial charge >= 0.3 is 6.18 Å². The molecule has 0 spiro atoms. The Kier molecular flexibility index (Phi) is 4.46. The zero-order valence-corrected chi connectivity index (χ0v) is 11.2. The first kappa shape index (κ1) is 15.8. The van der Waals surface area contributed by atoms with E-state index in [1.807, 2.05) is 0 Å². The van der Waals surface area contributed by atoms with Crippen molar-refractivity contribution in [1.29, 1.82) is 0 Å². The van der Waals surface area contributed by atoms with Gasteiger partial charge in [0.05, 0.1) is 28.0 Å². The van der Waals surface area contributed by atoms with Crippen LogP contribution in [0.2, 0.25) is 0 Å². The molecule has 108 valence electrons. The summed E-state index contributed by atoms with van der Waals surface area (Å²) in [6.07, 6.45) is -4.56. The number of hydrogen-bond acceptors (Lipinski definition) is 4.